The maximum atomic E-state index is 13.0. The quantitative estimate of drug-likeness (QED) is 0.438. The molecule has 2 heterocycles. The van der Waals surface area contributed by atoms with Gasteiger partial charge in [0.15, 0.2) is 0 Å². The summed E-state index contributed by atoms with van der Waals surface area (Å²) in [6.45, 7) is 4.05. The minimum Gasteiger partial charge on any atom is -0.341 e. The molecule has 2 aliphatic rings. The average Bonchev–Trinajstić information content (AvgIpc) is 3.22. The Morgan fingerprint density at radius 1 is 1.11 bits per heavy atom. The summed E-state index contributed by atoms with van der Waals surface area (Å²) in [7, 11) is 0. The van der Waals surface area contributed by atoms with E-state index in [1.54, 1.807) is 17.0 Å². The number of nitro groups is 1. The van der Waals surface area contributed by atoms with Crippen molar-refractivity contribution < 1.29 is 14.5 Å². The van der Waals surface area contributed by atoms with Crippen LogP contribution in [0.2, 0.25) is 0 Å². The van der Waals surface area contributed by atoms with Crippen molar-refractivity contribution in [3.63, 3.8) is 0 Å². The molecule has 0 bridgehead atoms. The van der Waals surface area contributed by atoms with Gasteiger partial charge in [0, 0.05) is 36.7 Å². The number of thioether (sulfide) groups is 1. The summed E-state index contributed by atoms with van der Waals surface area (Å²) in [5.41, 5.74) is 0.0330. The molecule has 7 nitrogen and oxygen atoms in total. The van der Waals surface area contributed by atoms with E-state index in [0.717, 1.165) is 50.1 Å². The van der Waals surface area contributed by atoms with Crippen LogP contribution in [0, 0.1) is 10.1 Å². The van der Waals surface area contributed by atoms with Crippen molar-refractivity contribution in [3.05, 3.63) is 34.4 Å². The highest BCUT2D eigenvalue weighted by atomic mass is 32.2. The minimum absolute atomic E-state index is 0.0319. The Balaban J connectivity index is 1.66. The maximum absolute atomic E-state index is 13.0. The van der Waals surface area contributed by atoms with Gasteiger partial charge in [0.2, 0.25) is 11.8 Å². The maximum Gasteiger partial charge on any atom is 0.269 e. The third-order valence-electron chi connectivity index (χ3n) is 5.20. The van der Waals surface area contributed by atoms with Crippen molar-refractivity contribution in [3.8, 4) is 0 Å². The van der Waals surface area contributed by atoms with Crippen molar-refractivity contribution in [1.29, 1.82) is 0 Å². The summed E-state index contributed by atoms with van der Waals surface area (Å²) >= 11 is 1.37. The number of likely N-dealkylation sites (tertiary alicyclic amines) is 2. The van der Waals surface area contributed by atoms with E-state index in [4.69, 9.17) is 0 Å². The average molecular weight is 391 g/mol. The number of carbonyl (C=O) groups is 2. The fraction of sp³-hybridized carbons (Fsp3) is 0.579. The van der Waals surface area contributed by atoms with E-state index in [2.05, 4.69) is 0 Å². The first kappa shape index (κ1) is 19.7. The Morgan fingerprint density at radius 2 is 1.74 bits per heavy atom. The van der Waals surface area contributed by atoms with Gasteiger partial charge in [-0.3, -0.25) is 19.7 Å². The van der Waals surface area contributed by atoms with Crippen LogP contribution in [0.3, 0.4) is 0 Å². The molecule has 0 unspecified atom stereocenters. The summed E-state index contributed by atoms with van der Waals surface area (Å²) in [5.74, 6) is 0.0590. The highest BCUT2D eigenvalue weighted by molar-refractivity contribution is 8.00. The lowest BCUT2D eigenvalue weighted by Crippen LogP contribution is -2.54. The van der Waals surface area contributed by atoms with E-state index in [1.807, 2.05) is 11.8 Å². The van der Waals surface area contributed by atoms with Crippen LogP contribution in [0.1, 0.15) is 39.0 Å². The first-order valence-electron chi connectivity index (χ1n) is 9.48. The molecule has 2 amide bonds. The van der Waals surface area contributed by atoms with Crippen LogP contribution >= 0.6 is 11.8 Å². The predicted molar refractivity (Wildman–Crippen MR) is 104 cm³/mol. The second-order valence-electron chi connectivity index (χ2n) is 7.09. The molecular formula is C19H25N3O4S. The molecule has 0 spiro atoms. The standard InChI is InChI=1S/C19H25N3O4S/c1-14(27-16-9-7-15(8-10-16)22(25)26)18(23)21-13-3-2-6-17(21)19(24)20-11-4-5-12-20/h7-10,14,17H,2-6,11-13H2,1H3/t14-,17+/m1/s1. The first-order chi connectivity index (χ1) is 13.0. The third-order valence-corrected chi connectivity index (χ3v) is 6.30. The summed E-state index contributed by atoms with van der Waals surface area (Å²) < 4.78 is 0. The van der Waals surface area contributed by atoms with Crippen LogP contribution in [0.4, 0.5) is 5.69 Å². The van der Waals surface area contributed by atoms with E-state index in [9.17, 15) is 19.7 Å². The van der Waals surface area contributed by atoms with Crippen LogP contribution in [-0.2, 0) is 9.59 Å². The molecule has 0 N–H and O–H groups in total. The monoisotopic (exact) mass is 391 g/mol. The van der Waals surface area contributed by atoms with Gasteiger partial charge in [-0.25, -0.2) is 0 Å². The predicted octanol–water partition coefficient (Wildman–Crippen LogP) is 3.08. The van der Waals surface area contributed by atoms with Gasteiger partial charge in [-0.15, -0.1) is 11.8 Å². The van der Waals surface area contributed by atoms with Crippen molar-refractivity contribution in [1.82, 2.24) is 9.80 Å². The number of nitro benzene ring substituents is 1. The molecule has 2 fully saturated rings. The molecule has 2 saturated heterocycles. The van der Waals surface area contributed by atoms with E-state index < -0.39 is 4.92 Å². The van der Waals surface area contributed by atoms with Crippen molar-refractivity contribution in [2.24, 2.45) is 0 Å². The highest BCUT2D eigenvalue weighted by Crippen LogP contribution is 2.29. The third kappa shape index (κ3) is 4.61. The second-order valence-corrected chi connectivity index (χ2v) is 8.50. The number of hydrogen-bond donors (Lipinski definition) is 0. The molecular weight excluding hydrogens is 366 g/mol. The number of benzene rings is 1. The van der Waals surface area contributed by atoms with Crippen LogP contribution < -0.4 is 0 Å². The lowest BCUT2D eigenvalue weighted by molar-refractivity contribution is -0.384. The summed E-state index contributed by atoms with van der Waals surface area (Å²) in [5, 5.41) is 10.4. The van der Waals surface area contributed by atoms with Crippen LogP contribution in [0.5, 0.6) is 0 Å². The smallest absolute Gasteiger partial charge is 0.269 e. The molecule has 8 heteroatoms. The largest absolute Gasteiger partial charge is 0.341 e. The lowest BCUT2D eigenvalue weighted by Gasteiger charge is -2.38. The van der Waals surface area contributed by atoms with E-state index in [0.29, 0.717) is 6.54 Å². The number of non-ortho nitro benzene ring substituents is 1. The fourth-order valence-electron chi connectivity index (χ4n) is 3.73. The lowest BCUT2D eigenvalue weighted by atomic mass is 10.0. The SMILES string of the molecule is C[C@@H](Sc1ccc([N+](=O)[O-])cc1)C(=O)N1CCCC[C@H]1C(=O)N1CCCC1. The van der Waals surface area contributed by atoms with Gasteiger partial charge >= 0.3 is 0 Å². The number of amides is 2. The molecule has 2 atom stereocenters. The number of carbonyl (C=O) groups excluding carboxylic acids is 2. The number of nitrogens with zero attached hydrogens (tertiary/aromatic N) is 3. The summed E-state index contributed by atoms with van der Waals surface area (Å²) in [4.78, 5) is 40.7. The molecule has 0 saturated carbocycles. The molecule has 1 aromatic carbocycles. The molecule has 0 aromatic heterocycles. The zero-order valence-electron chi connectivity index (χ0n) is 15.5. The minimum atomic E-state index is -0.439. The van der Waals surface area contributed by atoms with Crippen molar-refractivity contribution in [2.45, 2.75) is 55.2 Å². The van der Waals surface area contributed by atoms with E-state index in [-0.39, 0.29) is 28.8 Å². The Labute approximate surface area is 163 Å². The second kappa shape index (κ2) is 8.73. The van der Waals surface area contributed by atoms with Gasteiger partial charge < -0.3 is 9.80 Å². The molecule has 1 aromatic rings. The Bertz CT molecular complexity index is 703. The van der Waals surface area contributed by atoms with E-state index in [1.165, 1.54) is 23.9 Å². The van der Waals surface area contributed by atoms with Gasteiger partial charge in [0.1, 0.15) is 6.04 Å². The van der Waals surface area contributed by atoms with Crippen molar-refractivity contribution >= 4 is 29.3 Å². The van der Waals surface area contributed by atoms with E-state index >= 15 is 0 Å². The molecule has 2 aliphatic heterocycles. The molecule has 146 valence electrons. The molecule has 27 heavy (non-hydrogen) atoms. The summed E-state index contributed by atoms with van der Waals surface area (Å²) in [6.07, 6.45) is 4.70. The topological polar surface area (TPSA) is 83.8 Å². The van der Waals surface area contributed by atoms with Crippen LogP contribution in [0.15, 0.2) is 29.2 Å². The normalized spacial score (nSPS) is 21.1. The van der Waals surface area contributed by atoms with Gasteiger partial charge in [0.25, 0.3) is 5.69 Å². The van der Waals surface area contributed by atoms with Crippen LogP contribution in [-0.4, -0.2) is 57.5 Å². The van der Waals surface area contributed by atoms with Gasteiger partial charge in [-0.1, -0.05) is 0 Å². The highest BCUT2D eigenvalue weighted by Gasteiger charge is 2.37. The number of hydrogen-bond acceptors (Lipinski definition) is 5. The fourth-order valence-corrected chi connectivity index (χ4v) is 4.67. The Hall–Kier alpha value is -2.09. The van der Waals surface area contributed by atoms with Crippen molar-refractivity contribution in [2.75, 3.05) is 19.6 Å². The first-order valence-corrected chi connectivity index (χ1v) is 10.4. The zero-order valence-corrected chi connectivity index (χ0v) is 16.3. The molecule has 0 aliphatic carbocycles. The summed E-state index contributed by atoms with van der Waals surface area (Å²) in [6, 6.07) is 5.87. The Kier molecular flexibility index (Phi) is 6.36. The molecule has 0 radical (unpaired) electrons. The zero-order chi connectivity index (χ0) is 19.4. The number of piperidine rings is 1. The van der Waals surface area contributed by atoms with Crippen LogP contribution in [0.25, 0.3) is 0 Å². The van der Waals surface area contributed by atoms with Gasteiger partial charge in [-0.2, -0.15) is 0 Å². The van der Waals surface area contributed by atoms with Gasteiger partial charge in [-0.05, 0) is 51.2 Å². The van der Waals surface area contributed by atoms with Gasteiger partial charge in [0.05, 0.1) is 10.2 Å². The Morgan fingerprint density at radius 3 is 2.37 bits per heavy atom. The molecule has 3 rings (SSSR count). The number of rotatable bonds is 5.